The van der Waals surface area contributed by atoms with Gasteiger partial charge >= 0.3 is 0 Å². The number of nitrogens with zero attached hydrogens (tertiary/aromatic N) is 1. The second-order valence-corrected chi connectivity index (χ2v) is 8.40. The molecule has 0 aliphatic heterocycles. The summed E-state index contributed by atoms with van der Waals surface area (Å²) in [6.07, 6.45) is 1.57. The average Bonchev–Trinajstić information content (AvgIpc) is 3.09. The molecule has 1 heterocycles. The summed E-state index contributed by atoms with van der Waals surface area (Å²) in [6, 6.07) is 18.3. The van der Waals surface area contributed by atoms with E-state index in [9.17, 15) is 8.42 Å². The third kappa shape index (κ3) is 6.03. The molecule has 0 unspecified atom stereocenters. The zero-order valence-electron chi connectivity index (χ0n) is 16.8. The van der Waals surface area contributed by atoms with Crippen molar-refractivity contribution in [1.29, 1.82) is 0 Å². The van der Waals surface area contributed by atoms with Crippen molar-refractivity contribution in [3.05, 3.63) is 60.2 Å². The first-order valence-corrected chi connectivity index (χ1v) is 11.2. The lowest BCUT2D eigenvalue weighted by Crippen LogP contribution is -2.05. The molecule has 0 spiro atoms. The summed E-state index contributed by atoms with van der Waals surface area (Å²) in [5.41, 5.74) is 9.33. The highest BCUT2D eigenvalue weighted by molar-refractivity contribution is 7.85. The molecular formula is C22H24N2O5S. The van der Waals surface area contributed by atoms with E-state index in [2.05, 4.69) is 23.2 Å². The van der Waals surface area contributed by atoms with E-state index >= 15 is 0 Å². The maximum Gasteiger partial charge on any atom is 0.261 e. The minimum absolute atomic E-state index is 0.640. The zero-order chi connectivity index (χ0) is 21.7. The number of rotatable bonds is 5. The van der Waals surface area contributed by atoms with Crippen LogP contribution in [0.4, 0.5) is 0 Å². The van der Waals surface area contributed by atoms with E-state index in [1.807, 2.05) is 43.3 Å². The number of aryl methyl sites for hydroxylation is 1. The number of hydrogen-bond donors (Lipinski definition) is 2. The Morgan fingerprint density at radius 3 is 2.50 bits per heavy atom. The first-order valence-electron chi connectivity index (χ1n) is 9.39. The van der Waals surface area contributed by atoms with Crippen LogP contribution in [0.15, 0.2) is 59.0 Å². The fourth-order valence-electron chi connectivity index (χ4n) is 2.88. The van der Waals surface area contributed by atoms with E-state index in [1.165, 1.54) is 0 Å². The van der Waals surface area contributed by atoms with E-state index in [0.29, 0.717) is 25.3 Å². The quantitative estimate of drug-likeness (QED) is 0.362. The van der Waals surface area contributed by atoms with E-state index in [1.54, 1.807) is 0 Å². The molecule has 0 atom stereocenters. The van der Waals surface area contributed by atoms with Gasteiger partial charge in [-0.25, -0.2) is 4.98 Å². The summed E-state index contributed by atoms with van der Waals surface area (Å²) >= 11 is 0. The number of fused-ring (bicyclic) bond motifs is 2. The van der Waals surface area contributed by atoms with Gasteiger partial charge in [-0.1, -0.05) is 18.2 Å². The van der Waals surface area contributed by atoms with Crippen molar-refractivity contribution in [2.75, 3.05) is 19.4 Å². The second kappa shape index (κ2) is 9.25. The van der Waals surface area contributed by atoms with Gasteiger partial charge in [0, 0.05) is 5.56 Å². The Morgan fingerprint density at radius 2 is 1.77 bits per heavy atom. The lowest BCUT2D eigenvalue weighted by atomic mass is 10.1. The molecule has 4 rings (SSSR count). The van der Waals surface area contributed by atoms with Gasteiger partial charge in [0.2, 0.25) is 5.89 Å². The van der Waals surface area contributed by atoms with Gasteiger partial charge < -0.3 is 14.9 Å². The van der Waals surface area contributed by atoms with Gasteiger partial charge in [0.05, 0.1) is 12.9 Å². The number of benzene rings is 3. The van der Waals surface area contributed by atoms with E-state index in [0.717, 1.165) is 45.2 Å². The number of nitrogens with two attached hydrogens (primary N) is 1. The van der Waals surface area contributed by atoms with Crippen molar-refractivity contribution in [3.8, 4) is 17.2 Å². The molecule has 0 aliphatic rings. The van der Waals surface area contributed by atoms with Crippen LogP contribution in [0.1, 0.15) is 12.0 Å². The summed E-state index contributed by atoms with van der Waals surface area (Å²) in [7, 11) is -3.67. The van der Waals surface area contributed by atoms with Gasteiger partial charge in [-0.2, -0.15) is 8.42 Å². The predicted molar refractivity (Wildman–Crippen MR) is 118 cm³/mol. The van der Waals surface area contributed by atoms with Gasteiger partial charge in [-0.15, -0.1) is 0 Å². The van der Waals surface area contributed by atoms with Crippen molar-refractivity contribution < 1.29 is 22.1 Å². The van der Waals surface area contributed by atoms with Crippen molar-refractivity contribution >= 4 is 32.0 Å². The highest BCUT2D eigenvalue weighted by Crippen LogP contribution is 2.29. The normalized spacial score (nSPS) is 11.3. The predicted octanol–water partition coefficient (Wildman–Crippen LogP) is 4.19. The standard InChI is InChI=1S/C21H20N2O2.CH4O3S/c1-14-3-8-19-20(11-14)25-21(23-19)17-5-4-16-13-18(24-10-2-9-22)7-6-15(16)12-17;1-5(2,3)4/h3-8,11-13H,2,9-10,22H2,1H3;1H3,(H,2,3,4). The summed E-state index contributed by atoms with van der Waals surface area (Å²) in [6.45, 7) is 3.33. The maximum absolute atomic E-state index is 9.19. The van der Waals surface area contributed by atoms with Gasteiger partial charge in [-0.3, -0.25) is 4.55 Å². The molecule has 0 aliphatic carbocycles. The smallest absolute Gasteiger partial charge is 0.261 e. The Kier molecular flexibility index (Phi) is 6.71. The molecule has 0 saturated carbocycles. The summed E-state index contributed by atoms with van der Waals surface area (Å²) in [4.78, 5) is 4.60. The fraction of sp³-hybridized carbons (Fsp3) is 0.227. The van der Waals surface area contributed by atoms with Crippen molar-refractivity contribution in [2.24, 2.45) is 5.73 Å². The van der Waals surface area contributed by atoms with Crippen LogP contribution >= 0.6 is 0 Å². The molecular weight excluding hydrogens is 404 g/mol. The Morgan fingerprint density at radius 1 is 1.07 bits per heavy atom. The van der Waals surface area contributed by atoms with Crippen LogP contribution < -0.4 is 10.5 Å². The van der Waals surface area contributed by atoms with Crippen molar-refractivity contribution in [1.82, 2.24) is 4.98 Å². The molecule has 8 heteroatoms. The summed E-state index contributed by atoms with van der Waals surface area (Å²) < 4.78 is 37.5. The van der Waals surface area contributed by atoms with Crippen LogP contribution in [0.5, 0.6) is 5.75 Å². The maximum atomic E-state index is 9.19. The summed E-state index contributed by atoms with van der Waals surface area (Å²) in [5.74, 6) is 1.51. The number of aromatic nitrogens is 1. The Labute approximate surface area is 175 Å². The molecule has 4 aromatic rings. The van der Waals surface area contributed by atoms with Crippen LogP contribution in [0.3, 0.4) is 0 Å². The highest BCUT2D eigenvalue weighted by atomic mass is 32.2. The molecule has 7 nitrogen and oxygen atoms in total. The van der Waals surface area contributed by atoms with Crippen molar-refractivity contribution in [2.45, 2.75) is 13.3 Å². The third-order valence-corrected chi connectivity index (χ3v) is 4.22. The van der Waals surface area contributed by atoms with Crippen LogP contribution in [-0.4, -0.2) is 37.4 Å². The zero-order valence-corrected chi connectivity index (χ0v) is 17.6. The Balaban J connectivity index is 0.000000461. The van der Waals surface area contributed by atoms with E-state index in [-0.39, 0.29) is 0 Å². The fourth-order valence-corrected chi connectivity index (χ4v) is 2.88. The van der Waals surface area contributed by atoms with E-state index in [4.69, 9.17) is 19.4 Å². The molecule has 3 N–H and O–H groups in total. The average molecular weight is 429 g/mol. The van der Waals surface area contributed by atoms with Crippen molar-refractivity contribution in [3.63, 3.8) is 0 Å². The highest BCUT2D eigenvalue weighted by Gasteiger charge is 2.09. The molecule has 1 aromatic heterocycles. The SMILES string of the molecule is CS(=O)(=O)O.Cc1ccc2nc(-c3ccc4cc(OCCCN)ccc4c3)oc2c1. The van der Waals surface area contributed by atoms with E-state index < -0.39 is 10.1 Å². The molecule has 3 aromatic carbocycles. The first kappa shape index (κ1) is 21.8. The van der Waals surface area contributed by atoms with Crippen LogP contribution in [0.25, 0.3) is 33.3 Å². The van der Waals surface area contributed by atoms with Crippen LogP contribution in [0.2, 0.25) is 0 Å². The molecule has 0 fully saturated rings. The van der Waals surface area contributed by atoms with Gasteiger partial charge in [-0.05, 0) is 72.6 Å². The van der Waals surface area contributed by atoms with Crippen LogP contribution in [0, 0.1) is 6.92 Å². The minimum atomic E-state index is -3.67. The number of ether oxygens (including phenoxy) is 1. The molecule has 30 heavy (non-hydrogen) atoms. The molecule has 0 bridgehead atoms. The molecule has 0 saturated heterocycles. The molecule has 158 valence electrons. The second-order valence-electron chi connectivity index (χ2n) is 6.94. The van der Waals surface area contributed by atoms with Gasteiger partial charge in [0.1, 0.15) is 11.3 Å². The van der Waals surface area contributed by atoms with Crippen LogP contribution in [-0.2, 0) is 10.1 Å². The topological polar surface area (TPSA) is 116 Å². The van der Waals surface area contributed by atoms with Gasteiger partial charge in [0.25, 0.3) is 10.1 Å². The third-order valence-electron chi connectivity index (χ3n) is 4.22. The Bertz CT molecular complexity index is 1260. The molecule has 0 amide bonds. The number of oxazole rings is 1. The Hall–Kier alpha value is -2.94. The summed E-state index contributed by atoms with van der Waals surface area (Å²) in [5, 5.41) is 2.25. The largest absolute Gasteiger partial charge is 0.494 e. The lowest BCUT2D eigenvalue weighted by molar-refractivity contribution is 0.314. The van der Waals surface area contributed by atoms with Gasteiger partial charge in [0.15, 0.2) is 5.58 Å². The lowest BCUT2D eigenvalue weighted by Gasteiger charge is -2.07. The monoisotopic (exact) mass is 428 g/mol. The first-order chi connectivity index (χ1) is 14.2. The molecule has 0 radical (unpaired) electrons. The minimum Gasteiger partial charge on any atom is -0.494 e. The number of hydrogen-bond acceptors (Lipinski definition) is 6.